The summed E-state index contributed by atoms with van der Waals surface area (Å²) in [6, 6.07) is 7.28. The highest BCUT2D eigenvalue weighted by Crippen LogP contribution is 2.35. The first kappa shape index (κ1) is 19.3. The minimum atomic E-state index is -0.0868. The van der Waals surface area contributed by atoms with Crippen molar-refractivity contribution >= 4 is 27.7 Å². The van der Waals surface area contributed by atoms with E-state index in [0.717, 1.165) is 23.4 Å². The highest BCUT2D eigenvalue weighted by Gasteiger charge is 2.26. The van der Waals surface area contributed by atoms with Crippen molar-refractivity contribution in [3.63, 3.8) is 0 Å². The Bertz CT molecular complexity index is 805. The number of ether oxygens (including phenoxy) is 3. The van der Waals surface area contributed by atoms with Gasteiger partial charge in [-0.3, -0.25) is 4.79 Å². The van der Waals surface area contributed by atoms with Crippen molar-refractivity contribution in [3.05, 3.63) is 40.5 Å². The SMILES string of the molecule is COc1cc(OC)c(C(=O)N2CCN(c3ccc(Br)cn3)CC2)cc1OC. The third-order valence-corrected chi connectivity index (χ3v) is 5.01. The molecule has 0 radical (unpaired) electrons. The van der Waals surface area contributed by atoms with Gasteiger partial charge in [-0.05, 0) is 28.1 Å². The Balaban J connectivity index is 1.74. The number of halogens is 1. The first-order valence-corrected chi connectivity index (χ1v) is 9.32. The zero-order valence-corrected chi connectivity index (χ0v) is 17.2. The van der Waals surface area contributed by atoms with Gasteiger partial charge in [0, 0.05) is 49.0 Å². The highest BCUT2D eigenvalue weighted by atomic mass is 79.9. The van der Waals surface area contributed by atoms with Gasteiger partial charge in [-0.25, -0.2) is 4.98 Å². The monoisotopic (exact) mass is 435 g/mol. The molecule has 2 aromatic rings. The molecule has 1 aliphatic rings. The number of hydrogen-bond acceptors (Lipinski definition) is 6. The molecular formula is C19H22BrN3O4. The van der Waals surface area contributed by atoms with Crippen LogP contribution in [0.3, 0.4) is 0 Å². The van der Waals surface area contributed by atoms with Gasteiger partial charge in [0.1, 0.15) is 11.6 Å². The number of carbonyl (C=O) groups excluding carboxylic acids is 1. The molecule has 3 rings (SSSR count). The molecule has 1 aromatic heterocycles. The number of anilines is 1. The average molecular weight is 436 g/mol. The first-order valence-electron chi connectivity index (χ1n) is 8.53. The summed E-state index contributed by atoms with van der Waals surface area (Å²) >= 11 is 3.39. The first-order chi connectivity index (χ1) is 13.1. The number of benzene rings is 1. The van der Waals surface area contributed by atoms with Gasteiger partial charge in [0.05, 0.1) is 26.9 Å². The van der Waals surface area contributed by atoms with E-state index in [9.17, 15) is 4.79 Å². The van der Waals surface area contributed by atoms with Crippen LogP contribution in [0.25, 0.3) is 0 Å². The maximum atomic E-state index is 13.0. The Kier molecular flexibility index (Phi) is 6.05. The van der Waals surface area contributed by atoms with Gasteiger partial charge in [-0.2, -0.15) is 0 Å². The van der Waals surface area contributed by atoms with E-state index in [1.54, 1.807) is 32.5 Å². The third-order valence-electron chi connectivity index (χ3n) is 4.54. The fourth-order valence-corrected chi connectivity index (χ4v) is 3.29. The van der Waals surface area contributed by atoms with E-state index in [0.29, 0.717) is 35.9 Å². The molecule has 7 nitrogen and oxygen atoms in total. The van der Waals surface area contributed by atoms with Crippen molar-refractivity contribution in [2.45, 2.75) is 0 Å². The lowest BCUT2D eigenvalue weighted by Gasteiger charge is -2.35. The van der Waals surface area contributed by atoms with Crippen molar-refractivity contribution in [3.8, 4) is 17.2 Å². The number of nitrogens with zero attached hydrogens (tertiary/aromatic N) is 3. The lowest BCUT2D eigenvalue weighted by Crippen LogP contribution is -2.49. The van der Waals surface area contributed by atoms with Crippen LogP contribution in [0.2, 0.25) is 0 Å². The Morgan fingerprint density at radius 2 is 1.59 bits per heavy atom. The van der Waals surface area contributed by atoms with Crippen LogP contribution in [0.4, 0.5) is 5.82 Å². The van der Waals surface area contributed by atoms with E-state index >= 15 is 0 Å². The largest absolute Gasteiger partial charge is 0.496 e. The molecule has 1 fully saturated rings. The molecule has 144 valence electrons. The molecule has 0 N–H and O–H groups in total. The molecular weight excluding hydrogens is 414 g/mol. The number of carbonyl (C=O) groups is 1. The zero-order valence-electron chi connectivity index (χ0n) is 15.6. The van der Waals surface area contributed by atoms with Gasteiger partial charge in [0.15, 0.2) is 11.5 Å². The molecule has 0 unspecified atom stereocenters. The molecule has 8 heteroatoms. The quantitative estimate of drug-likeness (QED) is 0.719. The normalized spacial score (nSPS) is 14.1. The van der Waals surface area contributed by atoms with Gasteiger partial charge in [-0.1, -0.05) is 0 Å². The predicted molar refractivity (Wildman–Crippen MR) is 106 cm³/mol. The molecule has 1 aromatic carbocycles. The second kappa shape index (κ2) is 8.47. The van der Waals surface area contributed by atoms with Crippen molar-refractivity contribution in [1.29, 1.82) is 0 Å². The highest BCUT2D eigenvalue weighted by molar-refractivity contribution is 9.10. The number of amides is 1. The number of piperazine rings is 1. The average Bonchev–Trinajstić information content (AvgIpc) is 2.72. The standard InChI is InChI=1S/C19H22BrN3O4/c1-25-15-11-17(27-3)16(26-2)10-14(15)19(24)23-8-6-22(7-9-23)18-5-4-13(20)12-21-18/h4-5,10-12H,6-9H2,1-3H3. The lowest BCUT2D eigenvalue weighted by molar-refractivity contribution is 0.0742. The summed E-state index contributed by atoms with van der Waals surface area (Å²) in [4.78, 5) is 21.5. The molecule has 0 bridgehead atoms. The summed E-state index contributed by atoms with van der Waals surface area (Å²) < 4.78 is 16.9. The van der Waals surface area contributed by atoms with Crippen molar-refractivity contribution < 1.29 is 19.0 Å². The van der Waals surface area contributed by atoms with Gasteiger partial charge in [0.2, 0.25) is 0 Å². The number of methoxy groups -OCH3 is 3. The second-order valence-corrected chi connectivity index (χ2v) is 6.94. The summed E-state index contributed by atoms with van der Waals surface area (Å²) in [5.74, 6) is 2.32. The minimum Gasteiger partial charge on any atom is -0.496 e. The van der Waals surface area contributed by atoms with E-state index in [1.165, 1.54) is 7.11 Å². The maximum Gasteiger partial charge on any atom is 0.257 e. The van der Waals surface area contributed by atoms with Crippen LogP contribution in [0.15, 0.2) is 34.9 Å². The Hall–Kier alpha value is -2.48. The molecule has 1 aliphatic heterocycles. The molecule has 0 spiro atoms. The summed E-state index contributed by atoms with van der Waals surface area (Å²) in [6.45, 7) is 2.65. The van der Waals surface area contributed by atoms with E-state index in [-0.39, 0.29) is 5.91 Å². The van der Waals surface area contributed by atoms with E-state index < -0.39 is 0 Å². The molecule has 0 saturated carbocycles. The summed E-state index contributed by atoms with van der Waals surface area (Å²) in [5, 5.41) is 0. The number of hydrogen-bond donors (Lipinski definition) is 0. The molecule has 0 atom stereocenters. The lowest BCUT2D eigenvalue weighted by atomic mass is 10.1. The molecule has 27 heavy (non-hydrogen) atoms. The Labute approximate surface area is 167 Å². The fourth-order valence-electron chi connectivity index (χ4n) is 3.06. The van der Waals surface area contributed by atoms with Gasteiger partial charge >= 0.3 is 0 Å². The number of rotatable bonds is 5. The third kappa shape index (κ3) is 4.10. The molecule has 1 amide bonds. The molecule has 2 heterocycles. The van der Waals surface area contributed by atoms with Crippen LogP contribution < -0.4 is 19.1 Å². The van der Waals surface area contributed by atoms with E-state index in [1.807, 2.05) is 17.0 Å². The fraction of sp³-hybridized carbons (Fsp3) is 0.368. The molecule has 0 aliphatic carbocycles. The Morgan fingerprint density at radius 3 is 2.15 bits per heavy atom. The minimum absolute atomic E-state index is 0.0868. The van der Waals surface area contributed by atoms with Crippen LogP contribution in [0.5, 0.6) is 17.2 Å². The van der Waals surface area contributed by atoms with Gasteiger partial charge in [0.25, 0.3) is 5.91 Å². The van der Waals surface area contributed by atoms with Crippen LogP contribution in [-0.2, 0) is 0 Å². The van der Waals surface area contributed by atoms with Gasteiger partial charge in [-0.15, -0.1) is 0 Å². The van der Waals surface area contributed by atoms with Crippen LogP contribution in [0.1, 0.15) is 10.4 Å². The summed E-state index contributed by atoms with van der Waals surface area (Å²) in [5.41, 5.74) is 0.463. The van der Waals surface area contributed by atoms with Crippen molar-refractivity contribution in [2.24, 2.45) is 0 Å². The number of pyridine rings is 1. The smallest absolute Gasteiger partial charge is 0.257 e. The predicted octanol–water partition coefficient (Wildman–Crippen LogP) is 2.83. The summed E-state index contributed by atoms with van der Waals surface area (Å²) in [7, 11) is 4.63. The van der Waals surface area contributed by atoms with E-state index in [4.69, 9.17) is 14.2 Å². The zero-order chi connectivity index (χ0) is 19.4. The van der Waals surface area contributed by atoms with Gasteiger partial charge < -0.3 is 24.0 Å². The number of aromatic nitrogens is 1. The van der Waals surface area contributed by atoms with Crippen LogP contribution >= 0.6 is 15.9 Å². The topological polar surface area (TPSA) is 64.1 Å². The van der Waals surface area contributed by atoms with Crippen molar-refractivity contribution in [2.75, 3.05) is 52.4 Å². The van der Waals surface area contributed by atoms with Crippen LogP contribution in [0, 0.1) is 0 Å². The Morgan fingerprint density at radius 1 is 0.963 bits per heavy atom. The second-order valence-electron chi connectivity index (χ2n) is 6.02. The van der Waals surface area contributed by atoms with Crippen molar-refractivity contribution in [1.82, 2.24) is 9.88 Å². The summed E-state index contributed by atoms with van der Waals surface area (Å²) in [6.07, 6.45) is 1.78. The maximum absolute atomic E-state index is 13.0. The molecule has 1 saturated heterocycles. The van der Waals surface area contributed by atoms with Crippen LogP contribution in [-0.4, -0.2) is 63.3 Å². The van der Waals surface area contributed by atoms with E-state index in [2.05, 4.69) is 25.8 Å².